The number of fused-ring (bicyclic) bond motifs is 6. The Morgan fingerprint density at radius 3 is 0.922 bits per heavy atom. The molecule has 0 radical (unpaired) electrons. The summed E-state index contributed by atoms with van der Waals surface area (Å²) in [6.07, 6.45) is 0. The van der Waals surface area contributed by atoms with Crippen molar-refractivity contribution in [2.75, 3.05) is 0 Å². The summed E-state index contributed by atoms with van der Waals surface area (Å²) >= 11 is 0. The third kappa shape index (κ3) is 6.12. The molecule has 0 spiro atoms. The fraction of sp³-hybridized carbons (Fsp3) is 0. The fourth-order valence-electron chi connectivity index (χ4n) is 8.84. The summed E-state index contributed by atoms with van der Waals surface area (Å²) in [5.74, 6) is 0. The topological polar surface area (TPSA) is 176 Å². The number of hydrogen-bond donors (Lipinski definition) is 0. The Labute approximate surface area is 366 Å². The summed E-state index contributed by atoms with van der Waals surface area (Å²) in [6, 6.07) is 62.4. The van der Waals surface area contributed by atoms with Crippen molar-refractivity contribution in [1.82, 2.24) is 9.13 Å². The van der Waals surface area contributed by atoms with Crippen molar-refractivity contribution >= 4 is 43.6 Å². The lowest BCUT2D eigenvalue weighted by molar-refractivity contribution is 1.12. The lowest BCUT2D eigenvalue weighted by atomic mass is 9.97. The number of nitriles is 7. The molecule has 2 heterocycles. The molecule has 10 rings (SSSR count). The lowest BCUT2D eigenvalue weighted by Crippen LogP contribution is -2.05. The quantitative estimate of drug-likeness (QED) is 0.166. The maximum absolute atomic E-state index is 11.4. The zero-order valence-corrected chi connectivity index (χ0v) is 33.5. The van der Waals surface area contributed by atoms with E-state index in [1.807, 2.05) is 97.1 Å². The second kappa shape index (κ2) is 15.1. The molecule has 2 aromatic heterocycles. The molecule has 0 unspecified atom stereocenters. The summed E-state index contributed by atoms with van der Waals surface area (Å²) < 4.78 is 4.12. The van der Waals surface area contributed by atoms with Crippen molar-refractivity contribution in [3.63, 3.8) is 0 Å². The van der Waals surface area contributed by atoms with Crippen LogP contribution in [0.4, 0.5) is 0 Å². The van der Waals surface area contributed by atoms with E-state index in [-0.39, 0.29) is 0 Å². The molecule has 0 saturated heterocycles. The van der Waals surface area contributed by atoms with E-state index in [0.29, 0.717) is 61.4 Å². The van der Waals surface area contributed by atoms with Crippen LogP contribution in [0.1, 0.15) is 38.9 Å². The first-order valence-electron chi connectivity index (χ1n) is 19.9. The van der Waals surface area contributed by atoms with Crippen molar-refractivity contribution in [1.29, 1.82) is 36.8 Å². The van der Waals surface area contributed by atoms with Gasteiger partial charge in [-0.3, -0.25) is 0 Å². The van der Waals surface area contributed by atoms with E-state index in [1.54, 1.807) is 54.6 Å². The standard InChI is InChI=1S/C55H25N9/c56-26-33-13-34(27-57)17-41(16-33)39-9-11-52-47(22-39)45-5-1-3-7-50(45)63(52)54-24-44(43-20-37(30-60)15-38(21-43)31-61)25-55(49(54)32-62)64-51-8-4-2-6-46(51)48-23-40(10-12-53(48)64)42-18-35(28-58)14-36(19-42)29-59/h1-25H. The molecule has 0 bridgehead atoms. The number of benzene rings is 8. The van der Waals surface area contributed by atoms with Crippen LogP contribution in [0.25, 0.3) is 88.4 Å². The molecule has 290 valence electrons. The van der Waals surface area contributed by atoms with Crippen molar-refractivity contribution in [3.05, 3.63) is 191 Å². The first-order chi connectivity index (χ1) is 31.4. The summed E-state index contributed by atoms with van der Waals surface area (Å²) in [5, 5.41) is 74.1. The maximum Gasteiger partial charge on any atom is 0.104 e. The molecule has 0 aliphatic heterocycles. The van der Waals surface area contributed by atoms with Gasteiger partial charge in [-0.25, -0.2) is 0 Å². The van der Waals surface area contributed by atoms with Crippen molar-refractivity contribution in [2.24, 2.45) is 0 Å². The van der Waals surface area contributed by atoms with E-state index >= 15 is 0 Å². The van der Waals surface area contributed by atoms with Gasteiger partial charge >= 0.3 is 0 Å². The molecule has 0 saturated carbocycles. The summed E-state index contributed by atoms with van der Waals surface area (Å²) in [4.78, 5) is 0. The molecule has 10 aromatic rings. The van der Waals surface area contributed by atoms with E-state index in [2.05, 4.69) is 51.6 Å². The van der Waals surface area contributed by atoms with E-state index < -0.39 is 0 Å². The Bertz CT molecular complexity index is 3690. The molecular weight excluding hydrogens is 787 g/mol. The molecule has 0 aliphatic rings. The first kappa shape index (κ1) is 38.0. The van der Waals surface area contributed by atoms with E-state index in [9.17, 15) is 36.8 Å². The normalized spacial score (nSPS) is 10.7. The third-order valence-corrected chi connectivity index (χ3v) is 11.6. The highest BCUT2D eigenvalue weighted by Crippen LogP contribution is 2.42. The average Bonchev–Trinajstić information content (AvgIpc) is 3.87. The van der Waals surface area contributed by atoms with Gasteiger partial charge in [0.2, 0.25) is 0 Å². The molecule has 0 aliphatic carbocycles. The minimum absolute atomic E-state index is 0.315. The SMILES string of the molecule is N#Cc1cc(C#N)cc(-c2cc(-n3c4ccccc4c4cc(-c5cc(C#N)cc(C#N)c5)ccc43)c(C#N)c(-n3c4ccccc4c4cc(-c5cc(C#N)cc(C#N)c5)ccc43)c2)c1. The highest BCUT2D eigenvalue weighted by molar-refractivity contribution is 6.12. The highest BCUT2D eigenvalue weighted by atomic mass is 15.0. The minimum atomic E-state index is 0.315. The number of aromatic nitrogens is 2. The van der Waals surface area contributed by atoms with Crippen LogP contribution in [0.5, 0.6) is 0 Å². The molecule has 0 atom stereocenters. The zero-order valence-electron chi connectivity index (χ0n) is 33.5. The summed E-state index contributed by atoms with van der Waals surface area (Å²) in [5.41, 5.74) is 11.2. The van der Waals surface area contributed by atoms with Gasteiger partial charge in [0, 0.05) is 21.5 Å². The van der Waals surface area contributed by atoms with Gasteiger partial charge in [0.1, 0.15) is 11.6 Å². The van der Waals surface area contributed by atoms with Gasteiger partial charge in [-0.1, -0.05) is 48.5 Å². The van der Waals surface area contributed by atoms with Gasteiger partial charge in [-0.15, -0.1) is 0 Å². The van der Waals surface area contributed by atoms with Crippen LogP contribution in [0.3, 0.4) is 0 Å². The van der Waals surface area contributed by atoms with Crippen LogP contribution in [0.2, 0.25) is 0 Å². The van der Waals surface area contributed by atoms with Crippen LogP contribution >= 0.6 is 0 Å². The van der Waals surface area contributed by atoms with Crippen molar-refractivity contribution in [2.45, 2.75) is 0 Å². The Kier molecular flexibility index (Phi) is 8.98. The second-order valence-electron chi connectivity index (χ2n) is 15.2. The van der Waals surface area contributed by atoms with Gasteiger partial charge in [0.25, 0.3) is 0 Å². The summed E-state index contributed by atoms with van der Waals surface area (Å²) in [7, 11) is 0. The van der Waals surface area contributed by atoms with Gasteiger partial charge in [-0.2, -0.15) is 36.8 Å². The van der Waals surface area contributed by atoms with Crippen LogP contribution in [0.15, 0.2) is 152 Å². The molecule has 64 heavy (non-hydrogen) atoms. The minimum Gasteiger partial charge on any atom is -0.308 e. The van der Waals surface area contributed by atoms with Crippen LogP contribution in [-0.2, 0) is 0 Å². The van der Waals surface area contributed by atoms with E-state index in [4.69, 9.17) is 0 Å². The molecular formula is C55H25N9. The highest BCUT2D eigenvalue weighted by Gasteiger charge is 2.23. The number of nitrogens with zero attached hydrogens (tertiary/aromatic N) is 9. The summed E-state index contributed by atoms with van der Waals surface area (Å²) in [6.45, 7) is 0. The van der Waals surface area contributed by atoms with Crippen LogP contribution < -0.4 is 0 Å². The largest absolute Gasteiger partial charge is 0.308 e. The van der Waals surface area contributed by atoms with Crippen molar-refractivity contribution < 1.29 is 0 Å². The maximum atomic E-state index is 11.4. The predicted octanol–water partition coefficient (Wildman–Crippen LogP) is 12.0. The van der Waals surface area contributed by atoms with E-state index in [0.717, 1.165) is 65.9 Å². The fourth-order valence-corrected chi connectivity index (χ4v) is 8.84. The zero-order chi connectivity index (χ0) is 44.1. The Morgan fingerprint density at radius 1 is 0.266 bits per heavy atom. The number of rotatable bonds is 5. The first-order valence-corrected chi connectivity index (χ1v) is 19.9. The predicted molar refractivity (Wildman–Crippen MR) is 244 cm³/mol. The van der Waals surface area contributed by atoms with Gasteiger partial charge < -0.3 is 9.13 Å². The van der Waals surface area contributed by atoms with Crippen LogP contribution in [0, 0.1) is 79.3 Å². The van der Waals surface area contributed by atoms with Gasteiger partial charge in [-0.05, 0) is 137 Å². The number of para-hydroxylation sites is 2. The van der Waals surface area contributed by atoms with Gasteiger partial charge in [0.15, 0.2) is 0 Å². The Hall–Kier alpha value is -10.2. The number of hydrogen-bond acceptors (Lipinski definition) is 7. The monoisotopic (exact) mass is 811 g/mol. The second-order valence-corrected chi connectivity index (χ2v) is 15.2. The van der Waals surface area contributed by atoms with Crippen molar-refractivity contribution in [3.8, 4) is 87.2 Å². The van der Waals surface area contributed by atoms with Gasteiger partial charge in [0.05, 0.1) is 103 Å². The molecule has 0 amide bonds. The molecule has 0 N–H and O–H groups in total. The third-order valence-electron chi connectivity index (χ3n) is 11.6. The lowest BCUT2D eigenvalue weighted by Gasteiger charge is -2.19. The van der Waals surface area contributed by atoms with E-state index in [1.165, 1.54) is 0 Å². The molecule has 9 heteroatoms. The Morgan fingerprint density at radius 2 is 0.578 bits per heavy atom. The average molecular weight is 812 g/mol. The molecule has 8 aromatic carbocycles. The molecule has 0 fully saturated rings. The Balaban J connectivity index is 1.29. The smallest absolute Gasteiger partial charge is 0.104 e. The molecule has 9 nitrogen and oxygen atoms in total. The van der Waals surface area contributed by atoms with Crippen LogP contribution in [-0.4, -0.2) is 9.13 Å².